The number of amides is 3. The highest BCUT2D eigenvalue weighted by molar-refractivity contribution is 6.07. The molecule has 2 aromatic heterocycles. The van der Waals surface area contributed by atoms with Crippen molar-refractivity contribution in [1.29, 1.82) is 0 Å². The fourth-order valence-electron chi connectivity index (χ4n) is 3.78. The van der Waals surface area contributed by atoms with E-state index in [-0.39, 0.29) is 11.7 Å². The van der Waals surface area contributed by atoms with Crippen LogP contribution in [0.3, 0.4) is 0 Å². The average molecular weight is 464 g/mol. The lowest BCUT2D eigenvalue weighted by molar-refractivity contribution is 0.0829. The number of hydrazine groups is 1. The molecule has 1 aliphatic carbocycles. The van der Waals surface area contributed by atoms with Crippen molar-refractivity contribution < 1.29 is 28.0 Å². The minimum atomic E-state index is -0.592. The van der Waals surface area contributed by atoms with Gasteiger partial charge in [-0.05, 0) is 57.0 Å². The van der Waals surface area contributed by atoms with Crippen LogP contribution in [0.1, 0.15) is 66.8 Å². The number of furan rings is 2. The van der Waals surface area contributed by atoms with E-state index in [1.54, 1.807) is 44.2 Å². The van der Waals surface area contributed by atoms with Crippen LogP contribution in [0.5, 0.6) is 5.75 Å². The van der Waals surface area contributed by atoms with Gasteiger partial charge in [0.25, 0.3) is 11.8 Å². The maximum Gasteiger partial charge on any atom is 0.305 e. The van der Waals surface area contributed by atoms with Gasteiger partial charge in [-0.2, -0.15) is 5.10 Å². The molecule has 0 aliphatic heterocycles. The van der Waals surface area contributed by atoms with Gasteiger partial charge in [0.15, 0.2) is 5.76 Å². The van der Waals surface area contributed by atoms with Crippen LogP contribution in [0.2, 0.25) is 0 Å². The molecule has 3 N–H and O–H groups in total. The topological polar surface area (TPSA) is 135 Å². The number of hydrazone groups is 1. The fourth-order valence-corrected chi connectivity index (χ4v) is 3.78. The molecular weight excluding hydrogens is 440 g/mol. The summed E-state index contributed by atoms with van der Waals surface area (Å²) in [6.07, 6.45) is 3.45. The minimum absolute atomic E-state index is 0.0756. The van der Waals surface area contributed by atoms with E-state index in [4.69, 9.17) is 13.6 Å². The first-order chi connectivity index (χ1) is 16.4. The standard InChI is InChI=1S/C24H24N4O6/c1-13-20-18(25-27-23(30)17-11-12-33-14(17)2)5-4-6-19(20)34-21(13)24(31)28-26-22(29)15-7-9-16(32-3)10-8-15/h7-12H,4-6H2,1-3H3,(H,26,29)(H,27,30)(H,28,31)/b25-18+. The molecule has 0 radical (unpaired) electrons. The quantitative estimate of drug-likeness (QED) is 0.497. The second kappa shape index (κ2) is 9.65. The van der Waals surface area contributed by atoms with E-state index in [0.29, 0.717) is 58.1 Å². The molecule has 0 unspecified atom stereocenters. The predicted octanol–water partition coefficient (Wildman–Crippen LogP) is 3.04. The van der Waals surface area contributed by atoms with E-state index in [1.165, 1.54) is 13.4 Å². The smallest absolute Gasteiger partial charge is 0.305 e. The van der Waals surface area contributed by atoms with Gasteiger partial charge in [-0.15, -0.1) is 0 Å². The van der Waals surface area contributed by atoms with E-state index in [0.717, 1.165) is 6.42 Å². The molecule has 34 heavy (non-hydrogen) atoms. The molecule has 2 heterocycles. The van der Waals surface area contributed by atoms with Gasteiger partial charge in [0, 0.05) is 23.1 Å². The number of aryl methyl sites for hydroxylation is 2. The molecule has 3 aromatic rings. The van der Waals surface area contributed by atoms with Gasteiger partial charge in [0.2, 0.25) is 0 Å². The Bertz CT molecular complexity index is 1270. The van der Waals surface area contributed by atoms with Gasteiger partial charge in [0.05, 0.1) is 24.6 Å². The van der Waals surface area contributed by atoms with Gasteiger partial charge in [0.1, 0.15) is 17.3 Å². The number of carbonyl (C=O) groups excluding carboxylic acids is 3. The summed E-state index contributed by atoms with van der Waals surface area (Å²) in [6, 6.07) is 8.03. The molecule has 0 fully saturated rings. The van der Waals surface area contributed by atoms with Gasteiger partial charge in [-0.25, -0.2) is 5.43 Å². The van der Waals surface area contributed by atoms with Gasteiger partial charge < -0.3 is 13.6 Å². The Balaban J connectivity index is 1.46. The molecule has 1 aromatic carbocycles. The van der Waals surface area contributed by atoms with Crippen molar-refractivity contribution in [3.63, 3.8) is 0 Å². The largest absolute Gasteiger partial charge is 0.497 e. The fraction of sp³-hybridized carbons (Fsp3) is 0.250. The molecule has 1 aliphatic rings. The average Bonchev–Trinajstić information content (AvgIpc) is 3.44. The third-order valence-corrected chi connectivity index (χ3v) is 5.57. The number of hydrogen-bond donors (Lipinski definition) is 3. The van der Waals surface area contributed by atoms with E-state index in [1.807, 2.05) is 0 Å². The number of benzene rings is 1. The SMILES string of the molecule is COc1ccc(C(=O)NNC(=O)c2oc3c(c2C)/C(=N/NC(=O)c2ccoc2C)CCC3)cc1. The zero-order chi connectivity index (χ0) is 24.2. The van der Waals surface area contributed by atoms with Crippen molar-refractivity contribution in [3.05, 3.63) is 76.1 Å². The zero-order valence-electron chi connectivity index (χ0n) is 19.0. The molecule has 10 heteroatoms. The van der Waals surface area contributed by atoms with E-state index in [9.17, 15) is 14.4 Å². The summed E-state index contributed by atoms with van der Waals surface area (Å²) >= 11 is 0. The Morgan fingerprint density at radius 2 is 1.71 bits per heavy atom. The lowest BCUT2D eigenvalue weighted by Crippen LogP contribution is -2.41. The van der Waals surface area contributed by atoms with Crippen LogP contribution in [0.4, 0.5) is 0 Å². The first-order valence-electron chi connectivity index (χ1n) is 10.7. The molecule has 0 bridgehead atoms. The summed E-state index contributed by atoms with van der Waals surface area (Å²) in [5.41, 5.74) is 9.97. The second-order valence-electron chi connectivity index (χ2n) is 7.73. The highest BCUT2D eigenvalue weighted by atomic mass is 16.5. The highest BCUT2D eigenvalue weighted by Gasteiger charge is 2.28. The molecule has 0 atom stereocenters. The number of nitrogens with one attached hydrogen (secondary N) is 3. The van der Waals surface area contributed by atoms with Crippen LogP contribution in [0.15, 0.2) is 50.5 Å². The summed E-state index contributed by atoms with van der Waals surface area (Å²) in [5.74, 6) is 0.347. The van der Waals surface area contributed by atoms with Crippen LogP contribution >= 0.6 is 0 Å². The molecule has 4 rings (SSSR count). The highest BCUT2D eigenvalue weighted by Crippen LogP contribution is 2.29. The molecule has 3 amide bonds. The molecular formula is C24H24N4O6. The van der Waals surface area contributed by atoms with Gasteiger partial charge in [-0.1, -0.05) is 0 Å². The number of hydrogen-bond acceptors (Lipinski definition) is 7. The number of rotatable bonds is 5. The monoisotopic (exact) mass is 464 g/mol. The third kappa shape index (κ3) is 4.56. The second-order valence-corrected chi connectivity index (χ2v) is 7.73. The first kappa shape index (κ1) is 22.8. The summed E-state index contributed by atoms with van der Waals surface area (Å²) in [6.45, 7) is 3.44. The van der Waals surface area contributed by atoms with Crippen LogP contribution in [-0.2, 0) is 6.42 Å². The molecule has 0 saturated heterocycles. The number of ether oxygens (including phenoxy) is 1. The Morgan fingerprint density at radius 1 is 0.971 bits per heavy atom. The molecule has 176 valence electrons. The lowest BCUT2D eigenvalue weighted by atomic mass is 9.93. The Hall–Kier alpha value is -4.34. The Labute approximate surface area is 195 Å². The van der Waals surface area contributed by atoms with E-state index >= 15 is 0 Å². The van der Waals surface area contributed by atoms with Gasteiger partial charge in [-0.3, -0.25) is 25.2 Å². The lowest BCUT2D eigenvalue weighted by Gasteiger charge is -2.13. The van der Waals surface area contributed by atoms with Crippen molar-refractivity contribution in [2.75, 3.05) is 7.11 Å². The maximum atomic E-state index is 12.7. The molecule has 0 saturated carbocycles. The Kier molecular flexibility index (Phi) is 6.48. The van der Waals surface area contributed by atoms with Gasteiger partial charge >= 0.3 is 5.91 Å². The third-order valence-electron chi connectivity index (χ3n) is 5.57. The molecule has 10 nitrogen and oxygen atoms in total. The Morgan fingerprint density at radius 3 is 2.38 bits per heavy atom. The number of nitrogens with zero attached hydrogens (tertiary/aromatic N) is 1. The first-order valence-corrected chi connectivity index (χ1v) is 10.7. The normalized spacial score (nSPS) is 13.8. The number of methoxy groups -OCH3 is 1. The van der Waals surface area contributed by atoms with Crippen molar-refractivity contribution in [2.24, 2.45) is 5.10 Å². The van der Waals surface area contributed by atoms with Crippen LogP contribution < -0.4 is 21.0 Å². The van der Waals surface area contributed by atoms with Crippen LogP contribution in [0.25, 0.3) is 0 Å². The molecule has 0 spiro atoms. The summed E-state index contributed by atoms with van der Waals surface area (Å²) in [7, 11) is 1.53. The maximum absolute atomic E-state index is 12.7. The number of fused-ring (bicyclic) bond motifs is 1. The van der Waals surface area contributed by atoms with Crippen molar-refractivity contribution in [1.82, 2.24) is 16.3 Å². The van der Waals surface area contributed by atoms with Crippen LogP contribution in [0, 0.1) is 13.8 Å². The van der Waals surface area contributed by atoms with Crippen LogP contribution in [-0.4, -0.2) is 30.5 Å². The summed E-state index contributed by atoms with van der Waals surface area (Å²) in [4.78, 5) is 37.4. The zero-order valence-corrected chi connectivity index (χ0v) is 19.0. The van der Waals surface area contributed by atoms with Crippen molar-refractivity contribution >= 4 is 23.4 Å². The van der Waals surface area contributed by atoms with Crippen molar-refractivity contribution in [3.8, 4) is 5.75 Å². The van der Waals surface area contributed by atoms with Crippen molar-refractivity contribution in [2.45, 2.75) is 33.1 Å². The predicted molar refractivity (Wildman–Crippen MR) is 122 cm³/mol. The minimum Gasteiger partial charge on any atom is -0.497 e. The summed E-state index contributed by atoms with van der Waals surface area (Å²) in [5, 5.41) is 4.29. The number of carbonyl (C=O) groups is 3. The summed E-state index contributed by atoms with van der Waals surface area (Å²) < 4.78 is 16.0. The van der Waals surface area contributed by atoms with E-state index < -0.39 is 11.8 Å². The van der Waals surface area contributed by atoms with E-state index in [2.05, 4.69) is 21.4 Å².